The van der Waals surface area contributed by atoms with Crippen molar-refractivity contribution in [3.63, 3.8) is 0 Å². The Morgan fingerprint density at radius 1 is 1.00 bits per heavy atom. The number of amides is 1. The number of para-hydroxylation sites is 1. The number of halogens is 3. The maximum Gasteiger partial charge on any atom is 0.417 e. The second-order valence-electron chi connectivity index (χ2n) is 5.03. The van der Waals surface area contributed by atoms with Crippen molar-refractivity contribution in [3.05, 3.63) is 72.1 Å². The maximum atomic E-state index is 13.3. The number of H-pyrrole nitrogens is 1. The van der Waals surface area contributed by atoms with Gasteiger partial charge in [0.25, 0.3) is 5.91 Å². The number of aromatic nitrogens is 2. The van der Waals surface area contributed by atoms with Crippen LogP contribution in [0.3, 0.4) is 0 Å². The van der Waals surface area contributed by atoms with E-state index in [-0.39, 0.29) is 11.1 Å². The predicted octanol–water partition coefficient (Wildman–Crippen LogP) is 4.35. The molecule has 0 aliphatic rings. The van der Waals surface area contributed by atoms with Gasteiger partial charge in [-0.05, 0) is 17.7 Å². The Morgan fingerprint density at radius 3 is 2.33 bits per heavy atom. The third-order valence-corrected chi connectivity index (χ3v) is 3.46. The molecule has 4 nitrogen and oxygen atoms in total. The lowest BCUT2D eigenvalue weighted by Gasteiger charge is -2.16. The molecule has 1 heterocycles. The molecular weight excluding hydrogens is 319 g/mol. The highest BCUT2D eigenvalue weighted by Gasteiger charge is 2.33. The summed E-state index contributed by atoms with van der Waals surface area (Å²) in [6.07, 6.45) is -1.75. The number of benzene rings is 2. The van der Waals surface area contributed by atoms with Gasteiger partial charge >= 0.3 is 6.18 Å². The molecular formula is C17H12F3N3O. The van der Waals surface area contributed by atoms with Crippen LogP contribution in [-0.4, -0.2) is 16.1 Å². The Balaban J connectivity index is 2.04. The zero-order valence-corrected chi connectivity index (χ0v) is 12.3. The monoisotopic (exact) mass is 331 g/mol. The molecule has 3 aromatic rings. The Kier molecular flexibility index (Phi) is 4.07. The third-order valence-electron chi connectivity index (χ3n) is 3.46. The first kappa shape index (κ1) is 15.8. The molecule has 1 aromatic heterocycles. The van der Waals surface area contributed by atoms with Gasteiger partial charge in [-0.15, -0.1) is 0 Å². The fourth-order valence-corrected chi connectivity index (χ4v) is 2.36. The Labute approximate surface area is 135 Å². The van der Waals surface area contributed by atoms with Crippen LogP contribution in [0.5, 0.6) is 0 Å². The summed E-state index contributed by atoms with van der Waals surface area (Å²) < 4.78 is 39.8. The fourth-order valence-electron chi connectivity index (χ4n) is 2.36. The molecule has 0 unspecified atom stereocenters. The lowest BCUT2D eigenvalue weighted by atomic mass is 9.97. The van der Waals surface area contributed by atoms with Crippen LogP contribution in [0.1, 0.15) is 15.9 Å². The van der Waals surface area contributed by atoms with Crippen molar-refractivity contribution < 1.29 is 18.0 Å². The third kappa shape index (κ3) is 3.15. The van der Waals surface area contributed by atoms with Crippen molar-refractivity contribution >= 4 is 11.6 Å². The van der Waals surface area contributed by atoms with Crippen molar-refractivity contribution in [2.24, 2.45) is 0 Å². The molecule has 7 heteroatoms. The van der Waals surface area contributed by atoms with Gasteiger partial charge in [-0.25, -0.2) is 0 Å². The van der Waals surface area contributed by atoms with Crippen molar-refractivity contribution in [2.45, 2.75) is 6.18 Å². The Bertz CT molecular complexity index is 858. The average molecular weight is 331 g/mol. The van der Waals surface area contributed by atoms with E-state index >= 15 is 0 Å². The maximum absolute atomic E-state index is 13.3. The van der Waals surface area contributed by atoms with Crippen LogP contribution in [0.2, 0.25) is 0 Å². The van der Waals surface area contributed by atoms with Gasteiger partial charge in [0.05, 0.1) is 17.3 Å². The largest absolute Gasteiger partial charge is 0.417 e. The second kappa shape index (κ2) is 6.19. The van der Waals surface area contributed by atoms with Crippen molar-refractivity contribution in [2.75, 3.05) is 5.32 Å². The van der Waals surface area contributed by atoms with E-state index in [1.165, 1.54) is 36.7 Å². The topological polar surface area (TPSA) is 57.8 Å². The number of hydrogen-bond acceptors (Lipinski definition) is 2. The Hall–Kier alpha value is -3.09. The van der Waals surface area contributed by atoms with E-state index in [4.69, 9.17) is 0 Å². The van der Waals surface area contributed by atoms with Gasteiger partial charge in [-0.3, -0.25) is 9.89 Å². The zero-order chi connectivity index (χ0) is 17.2. The quantitative estimate of drug-likeness (QED) is 0.750. The number of rotatable bonds is 3. The van der Waals surface area contributed by atoms with Gasteiger partial charge in [0.2, 0.25) is 0 Å². The standard InChI is InChI=1S/C17H12F3N3O/c18-17(19,20)14-7-3-1-5-12(14)13-6-2-4-8-15(13)23-16(24)11-9-21-22-10-11/h1-10H,(H,21,22)(H,23,24). The van der Waals surface area contributed by atoms with Gasteiger partial charge in [0, 0.05) is 17.4 Å². The molecule has 0 atom stereocenters. The summed E-state index contributed by atoms with van der Waals surface area (Å²) in [4.78, 5) is 12.1. The van der Waals surface area contributed by atoms with Crippen LogP contribution in [-0.2, 0) is 6.18 Å². The molecule has 0 aliphatic heterocycles. The molecule has 0 spiro atoms. The summed E-state index contributed by atoms with van der Waals surface area (Å²) in [5, 5.41) is 8.81. The minimum Gasteiger partial charge on any atom is -0.321 e. The lowest BCUT2D eigenvalue weighted by Crippen LogP contribution is -2.13. The van der Waals surface area contributed by atoms with Crippen LogP contribution in [0.25, 0.3) is 11.1 Å². The van der Waals surface area contributed by atoms with Crippen molar-refractivity contribution in [3.8, 4) is 11.1 Å². The van der Waals surface area contributed by atoms with Crippen LogP contribution >= 0.6 is 0 Å². The molecule has 2 N–H and O–H groups in total. The number of nitrogens with one attached hydrogen (secondary N) is 2. The molecule has 3 rings (SSSR count). The van der Waals surface area contributed by atoms with Gasteiger partial charge in [0.15, 0.2) is 0 Å². The van der Waals surface area contributed by atoms with E-state index in [0.717, 1.165) is 6.07 Å². The van der Waals surface area contributed by atoms with Crippen LogP contribution < -0.4 is 5.32 Å². The predicted molar refractivity (Wildman–Crippen MR) is 83.4 cm³/mol. The first-order chi connectivity index (χ1) is 11.5. The van der Waals surface area contributed by atoms with Crippen molar-refractivity contribution in [1.82, 2.24) is 10.2 Å². The summed E-state index contributed by atoms with van der Waals surface area (Å²) in [5.74, 6) is -0.458. The lowest BCUT2D eigenvalue weighted by molar-refractivity contribution is -0.137. The fraction of sp³-hybridized carbons (Fsp3) is 0.0588. The van der Waals surface area contributed by atoms with Gasteiger partial charge in [0.1, 0.15) is 0 Å². The molecule has 0 radical (unpaired) electrons. The molecule has 122 valence electrons. The first-order valence-corrected chi connectivity index (χ1v) is 7.02. The highest BCUT2D eigenvalue weighted by atomic mass is 19.4. The molecule has 2 aromatic carbocycles. The zero-order valence-electron chi connectivity index (χ0n) is 12.3. The average Bonchev–Trinajstić information content (AvgIpc) is 3.09. The molecule has 1 amide bonds. The Morgan fingerprint density at radius 2 is 1.67 bits per heavy atom. The van der Waals surface area contributed by atoms with Crippen LogP contribution in [0.15, 0.2) is 60.9 Å². The summed E-state index contributed by atoms with van der Waals surface area (Å²) in [6, 6.07) is 11.6. The van der Waals surface area contributed by atoms with Crippen LogP contribution in [0, 0.1) is 0 Å². The van der Waals surface area contributed by atoms with Gasteiger partial charge < -0.3 is 5.32 Å². The molecule has 0 fully saturated rings. The minimum atomic E-state index is -4.49. The molecule has 24 heavy (non-hydrogen) atoms. The summed E-state index contributed by atoms with van der Waals surface area (Å²) in [6.45, 7) is 0. The SMILES string of the molecule is O=C(Nc1ccccc1-c1ccccc1C(F)(F)F)c1cn[nH]c1. The smallest absolute Gasteiger partial charge is 0.321 e. The number of alkyl halides is 3. The van der Waals surface area contributed by atoms with Crippen LogP contribution in [0.4, 0.5) is 18.9 Å². The summed E-state index contributed by atoms with van der Waals surface area (Å²) in [7, 11) is 0. The van der Waals surface area contributed by atoms with E-state index < -0.39 is 17.6 Å². The van der Waals surface area contributed by atoms with E-state index in [1.807, 2.05) is 0 Å². The highest BCUT2D eigenvalue weighted by molar-refractivity contribution is 6.06. The second-order valence-corrected chi connectivity index (χ2v) is 5.03. The first-order valence-electron chi connectivity index (χ1n) is 7.02. The van der Waals surface area contributed by atoms with Gasteiger partial charge in [-0.2, -0.15) is 18.3 Å². The number of carbonyl (C=O) groups is 1. The molecule has 0 saturated heterocycles. The summed E-state index contributed by atoms with van der Waals surface area (Å²) >= 11 is 0. The minimum absolute atomic E-state index is 0.00749. The molecule has 0 aliphatic carbocycles. The normalized spacial score (nSPS) is 11.3. The molecule has 0 bridgehead atoms. The number of anilines is 1. The number of aromatic amines is 1. The van der Waals surface area contributed by atoms with Gasteiger partial charge in [-0.1, -0.05) is 36.4 Å². The number of nitrogens with zero attached hydrogens (tertiary/aromatic N) is 1. The summed E-state index contributed by atoms with van der Waals surface area (Å²) in [5.41, 5.74) is 0.125. The van der Waals surface area contributed by atoms with E-state index in [9.17, 15) is 18.0 Å². The number of hydrogen-bond donors (Lipinski definition) is 2. The van der Waals surface area contributed by atoms with E-state index in [2.05, 4.69) is 15.5 Å². The molecule has 0 saturated carbocycles. The highest BCUT2D eigenvalue weighted by Crippen LogP contribution is 2.39. The van der Waals surface area contributed by atoms with E-state index in [1.54, 1.807) is 18.2 Å². The van der Waals surface area contributed by atoms with Crippen molar-refractivity contribution in [1.29, 1.82) is 0 Å². The van der Waals surface area contributed by atoms with E-state index in [0.29, 0.717) is 11.3 Å². The number of carbonyl (C=O) groups excluding carboxylic acids is 1.